The van der Waals surface area contributed by atoms with E-state index in [1.54, 1.807) is 12.1 Å². The zero-order valence-corrected chi connectivity index (χ0v) is 11.6. The molecule has 1 saturated heterocycles. The molecule has 1 heterocycles. The summed E-state index contributed by atoms with van der Waals surface area (Å²) in [5, 5.41) is 0. The van der Waals surface area contributed by atoms with E-state index >= 15 is 0 Å². The van der Waals surface area contributed by atoms with Crippen LogP contribution in [0.4, 0.5) is 18.9 Å². The molecule has 1 atom stereocenters. The summed E-state index contributed by atoms with van der Waals surface area (Å²) in [6.07, 6.45) is 0. The van der Waals surface area contributed by atoms with Gasteiger partial charge < -0.3 is 4.74 Å². The normalized spacial score (nSPS) is 19.7. The first kappa shape index (κ1) is 14.4. The Labute approximate surface area is 124 Å². The summed E-state index contributed by atoms with van der Waals surface area (Å²) in [7, 11) is 1.48. The van der Waals surface area contributed by atoms with E-state index in [0.29, 0.717) is 11.4 Å². The molecule has 2 aromatic carbocycles. The van der Waals surface area contributed by atoms with Gasteiger partial charge in [-0.2, -0.15) is 8.78 Å². The SMILES string of the molecule is COc1ccc(N2C(=O)C(F)(F)[C@H]2c2cccc(F)c2)cc1. The summed E-state index contributed by atoms with van der Waals surface area (Å²) >= 11 is 0. The molecule has 3 rings (SSSR count). The summed E-state index contributed by atoms with van der Waals surface area (Å²) in [6, 6.07) is 9.56. The summed E-state index contributed by atoms with van der Waals surface area (Å²) in [5.41, 5.74) is 0.367. The van der Waals surface area contributed by atoms with Crippen molar-refractivity contribution < 1.29 is 22.7 Å². The van der Waals surface area contributed by atoms with Crippen molar-refractivity contribution in [3.05, 3.63) is 59.9 Å². The Hall–Kier alpha value is -2.50. The van der Waals surface area contributed by atoms with Crippen molar-refractivity contribution >= 4 is 11.6 Å². The first-order chi connectivity index (χ1) is 10.4. The lowest BCUT2D eigenvalue weighted by atomic mass is 9.89. The van der Waals surface area contributed by atoms with Crippen molar-refractivity contribution in [2.24, 2.45) is 0 Å². The second-order valence-corrected chi connectivity index (χ2v) is 4.95. The molecule has 3 nitrogen and oxygen atoms in total. The predicted octanol–water partition coefficient (Wildman–Crippen LogP) is 3.56. The minimum Gasteiger partial charge on any atom is -0.497 e. The van der Waals surface area contributed by atoms with Crippen LogP contribution in [0.3, 0.4) is 0 Å². The Bertz CT molecular complexity index is 716. The highest BCUT2D eigenvalue weighted by atomic mass is 19.3. The number of halogens is 3. The lowest BCUT2D eigenvalue weighted by molar-refractivity contribution is -0.162. The Morgan fingerprint density at radius 1 is 1.14 bits per heavy atom. The molecule has 114 valence electrons. The lowest BCUT2D eigenvalue weighted by Gasteiger charge is -2.46. The molecule has 1 aliphatic heterocycles. The van der Waals surface area contributed by atoms with Gasteiger partial charge in [0.25, 0.3) is 0 Å². The number of β-lactam (4-membered cyclic amide) rings is 1. The minimum atomic E-state index is -3.55. The number of amides is 1. The van der Waals surface area contributed by atoms with Crippen molar-refractivity contribution in [3.8, 4) is 5.75 Å². The monoisotopic (exact) mass is 307 g/mol. The minimum absolute atomic E-state index is 0.0559. The van der Waals surface area contributed by atoms with Crippen LogP contribution < -0.4 is 9.64 Å². The first-order valence-corrected chi connectivity index (χ1v) is 6.56. The predicted molar refractivity (Wildman–Crippen MR) is 74.6 cm³/mol. The van der Waals surface area contributed by atoms with Crippen LogP contribution in [0.1, 0.15) is 11.6 Å². The Morgan fingerprint density at radius 2 is 1.82 bits per heavy atom. The van der Waals surface area contributed by atoms with Gasteiger partial charge >= 0.3 is 11.8 Å². The molecule has 0 N–H and O–H groups in total. The topological polar surface area (TPSA) is 29.5 Å². The molecule has 0 unspecified atom stereocenters. The summed E-state index contributed by atoms with van der Waals surface area (Å²) < 4.78 is 46.2. The molecule has 1 amide bonds. The van der Waals surface area contributed by atoms with Gasteiger partial charge in [-0.25, -0.2) is 4.39 Å². The van der Waals surface area contributed by atoms with E-state index in [-0.39, 0.29) is 5.56 Å². The summed E-state index contributed by atoms with van der Waals surface area (Å²) in [5.74, 6) is -4.92. The lowest BCUT2D eigenvalue weighted by Crippen LogP contribution is -2.64. The van der Waals surface area contributed by atoms with Crippen molar-refractivity contribution in [2.45, 2.75) is 12.0 Å². The van der Waals surface area contributed by atoms with Gasteiger partial charge in [0.2, 0.25) is 0 Å². The fourth-order valence-electron chi connectivity index (χ4n) is 2.54. The molecule has 0 bridgehead atoms. The van der Waals surface area contributed by atoms with Crippen LogP contribution >= 0.6 is 0 Å². The van der Waals surface area contributed by atoms with Gasteiger partial charge in [0.1, 0.15) is 17.6 Å². The van der Waals surface area contributed by atoms with Gasteiger partial charge in [-0.1, -0.05) is 12.1 Å². The quantitative estimate of drug-likeness (QED) is 0.812. The second-order valence-electron chi connectivity index (χ2n) is 4.95. The molecule has 2 aromatic rings. The van der Waals surface area contributed by atoms with Crippen molar-refractivity contribution in [1.29, 1.82) is 0 Å². The maximum absolute atomic E-state index is 14.0. The highest BCUT2D eigenvalue weighted by molar-refractivity contribution is 6.07. The standard InChI is InChI=1S/C16H12F3NO2/c1-22-13-7-5-12(6-8-13)20-14(16(18,19)15(20)21)10-3-2-4-11(17)9-10/h2-9,14H,1H3/t14-/m1/s1. The Balaban J connectivity index is 2.00. The van der Waals surface area contributed by atoms with E-state index in [9.17, 15) is 18.0 Å². The number of carbonyl (C=O) groups is 1. The van der Waals surface area contributed by atoms with Crippen molar-refractivity contribution in [3.63, 3.8) is 0 Å². The third kappa shape index (κ3) is 2.11. The number of alkyl halides is 2. The number of methoxy groups -OCH3 is 1. The van der Waals surface area contributed by atoms with Crippen LogP contribution in [0, 0.1) is 5.82 Å². The number of hydrogen-bond donors (Lipinski definition) is 0. The largest absolute Gasteiger partial charge is 0.497 e. The highest BCUT2D eigenvalue weighted by Crippen LogP contribution is 2.49. The molecule has 1 fully saturated rings. The third-order valence-corrected chi connectivity index (χ3v) is 3.62. The van der Waals surface area contributed by atoms with Crippen molar-refractivity contribution in [2.75, 3.05) is 12.0 Å². The van der Waals surface area contributed by atoms with Gasteiger partial charge in [0.05, 0.1) is 7.11 Å². The summed E-state index contributed by atoms with van der Waals surface area (Å²) in [6.45, 7) is 0. The van der Waals surface area contributed by atoms with Crippen LogP contribution in [0.25, 0.3) is 0 Å². The maximum Gasteiger partial charge on any atom is 0.349 e. The van der Waals surface area contributed by atoms with Crippen LogP contribution in [0.15, 0.2) is 48.5 Å². The van der Waals surface area contributed by atoms with E-state index in [4.69, 9.17) is 4.74 Å². The molecule has 0 radical (unpaired) electrons. The average molecular weight is 307 g/mol. The number of hydrogen-bond acceptors (Lipinski definition) is 2. The van der Waals surface area contributed by atoms with Crippen molar-refractivity contribution in [1.82, 2.24) is 0 Å². The van der Waals surface area contributed by atoms with E-state index in [1.807, 2.05) is 0 Å². The number of nitrogens with zero attached hydrogens (tertiary/aromatic N) is 1. The number of ether oxygens (including phenoxy) is 1. The molecular weight excluding hydrogens is 295 g/mol. The number of rotatable bonds is 3. The molecule has 0 saturated carbocycles. The Morgan fingerprint density at radius 3 is 2.41 bits per heavy atom. The molecule has 1 aliphatic rings. The van der Waals surface area contributed by atoms with Gasteiger partial charge in [0.15, 0.2) is 0 Å². The van der Waals surface area contributed by atoms with Gasteiger partial charge in [-0.05, 0) is 42.0 Å². The molecular formula is C16H12F3NO2. The van der Waals surface area contributed by atoms with Crippen LogP contribution in [0.5, 0.6) is 5.75 Å². The van der Waals surface area contributed by atoms with E-state index in [0.717, 1.165) is 11.0 Å². The summed E-state index contributed by atoms with van der Waals surface area (Å²) in [4.78, 5) is 12.7. The molecule has 0 spiro atoms. The first-order valence-electron chi connectivity index (χ1n) is 6.56. The zero-order chi connectivity index (χ0) is 15.9. The van der Waals surface area contributed by atoms with Crippen LogP contribution in [-0.4, -0.2) is 18.9 Å². The highest BCUT2D eigenvalue weighted by Gasteiger charge is 2.64. The van der Waals surface area contributed by atoms with Gasteiger partial charge in [-0.3, -0.25) is 9.69 Å². The van der Waals surface area contributed by atoms with Gasteiger partial charge in [-0.15, -0.1) is 0 Å². The molecule has 22 heavy (non-hydrogen) atoms. The van der Waals surface area contributed by atoms with E-state index < -0.39 is 23.7 Å². The second kappa shape index (κ2) is 5.05. The third-order valence-electron chi connectivity index (χ3n) is 3.62. The van der Waals surface area contributed by atoms with Gasteiger partial charge in [0, 0.05) is 5.69 Å². The van der Waals surface area contributed by atoms with E-state index in [2.05, 4.69) is 0 Å². The smallest absolute Gasteiger partial charge is 0.349 e. The number of anilines is 1. The van der Waals surface area contributed by atoms with Crippen LogP contribution in [0.2, 0.25) is 0 Å². The average Bonchev–Trinajstić information content (AvgIpc) is 2.52. The van der Waals surface area contributed by atoms with Crippen LogP contribution in [-0.2, 0) is 4.79 Å². The maximum atomic E-state index is 14.0. The molecule has 0 aromatic heterocycles. The molecule has 6 heteroatoms. The van der Waals surface area contributed by atoms with E-state index in [1.165, 1.54) is 37.4 Å². The fourth-order valence-corrected chi connectivity index (χ4v) is 2.54. The Kier molecular flexibility index (Phi) is 3.31. The number of benzene rings is 2. The molecule has 0 aliphatic carbocycles. The zero-order valence-electron chi connectivity index (χ0n) is 11.6. The number of carbonyl (C=O) groups excluding carboxylic acids is 1. The fraction of sp³-hybridized carbons (Fsp3) is 0.188.